The number of nitrogens with one attached hydrogen (secondary N) is 1. The van der Waals surface area contributed by atoms with Gasteiger partial charge < -0.3 is 19.7 Å². The van der Waals surface area contributed by atoms with Crippen LogP contribution < -0.4 is 14.8 Å². The van der Waals surface area contributed by atoms with Crippen LogP contribution in [0.3, 0.4) is 0 Å². The summed E-state index contributed by atoms with van der Waals surface area (Å²) in [7, 11) is 5.52. The van der Waals surface area contributed by atoms with E-state index < -0.39 is 0 Å². The minimum Gasteiger partial charge on any atom is -0.493 e. The number of nitrogens with zero attached hydrogens (tertiary/aromatic N) is 1. The summed E-state index contributed by atoms with van der Waals surface area (Å²) >= 11 is 3.63. The standard InChI is InChI=1S/C16H25BrN2O2/c1-19(10-12-4-6-18-7-5-12)11-13-8-15(20-2)16(21-3)9-14(13)17/h8-9,12,18H,4-7,10-11H2,1-3H3. The highest BCUT2D eigenvalue weighted by molar-refractivity contribution is 9.10. The molecule has 1 saturated heterocycles. The summed E-state index contributed by atoms with van der Waals surface area (Å²) in [4.78, 5) is 2.39. The van der Waals surface area contributed by atoms with Gasteiger partial charge in [0.25, 0.3) is 0 Å². The number of benzene rings is 1. The second-order valence-electron chi connectivity index (χ2n) is 5.69. The first-order valence-corrected chi connectivity index (χ1v) is 8.23. The lowest BCUT2D eigenvalue weighted by Gasteiger charge is -2.28. The van der Waals surface area contributed by atoms with E-state index in [4.69, 9.17) is 9.47 Å². The third-order valence-corrected chi connectivity index (χ3v) is 4.76. The summed E-state index contributed by atoms with van der Waals surface area (Å²) in [6.07, 6.45) is 2.55. The van der Waals surface area contributed by atoms with Crippen LogP contribution in [0.25, 0.3) is 0 Å². The van der Waals surface area contributed by atoms with E-state index in [2.05, 4.69) is 39.3 Å². The Bertz CT molecular complexity index is 462. The van der Waals surface area contributed by atoms with E-state index in [1.807, 2.05) is 6.07 Å². The first-order valence-electron chi connectivity index (χ1n) is 7.43. The summed E-state index contributed by atoms with van der Waals surface area (Å²) in [5, 5.41) is 3.42. The van der Waals surface area contributed by atoms with Crippen molar-refractivity contribution in [1.82, 2.24) is 10.2 Å². The van der Waals surface area contributed by atoms with Crippen LogP contribution in [0.4, 0.5) is 0 Å². The minimum absolute atomic E-state index is 0.758. The fourth-order valence-corrected chi connectivity index (χ4v) is 3.33. The Balaban J connectivity index is 2.00. The molecular weight excluding hydrogens is 332 g/mol. The summed E-state index contributed by atoms with van der Waals surface area (Å²) in [6, 6.07) is 4.04. The minimum atomic E-state index is 0.758. The highest BCUT2D eigenvalue weighted by Crippen LogP contribution is 2.33. The van der Waals surface area contributed by atoms with Gasteiger partial charge in [0, 0.05) is 17.6 Å². The number of ether oxygens (including phenoxy) is 2. The Kier molecular flexibility index (Phi) is 6.33. The topological polar surface area (TPSA) is 33.7 Å². The van der Waals surface area contributed by atoms with Crippen molar-refractivity contribution in [3.63, 3.8) is 0 Å². The zero-order valence-electron chi connectivity index (χ0n) is 13.1. The molecule has 0 saturated carbocycles. The van der Waals surface area contributed by atoms with Crippen LogP contribution in [-0.2, 0) is 6.54 Å². The van der Waals surface area contributed by atoms with Crippen molar-refractivity contribution in [3.8, 4) is 11.5 Å². The maximum atomic E-state index is 5.39. The maximum absolute atomic E-state index is 5.39. The van der Waals surface area contributed by atoms with Crippen molar-refractivity contribution < 1.29 is 9.47 Å². The van der Waals surface area contributed by atoms with Gasteiger partial charge in [-0.3, -0.25) is 0 Å². The van der Waals surface area contributed by atoms with Crippen LogP contribution in [0.5, 0.6) is 11.5 Å². The average Bonchev–Trinajstić information content (AvgIpc) is 2.49. The van der Waals surface area contributed by atoms with Crippen molar-refractivity contribution in [1.29, 1.82) is 0 Å². The molecule has 0 spiro atoms. The van der Waals surface area contributed by atoms with Crippen molar-refractivity contribution in [2.45, 2.75) is 19.4 Å². The highest BCUT2D eigenvalue weighted by Gasteiger charge is 2.16. The molecular formula is C16H25BrN2O2. The van der Waals surface area contributed by atoms with Gasteiger partial charge in [0.15, 0.2) is 11.5 Å². The predicted molar refractivity (Wildman–Crippen MR) is 89.2 cm³/mol. The average molecular weight is 357 g/mol. The van der Waals surface area contributed by atoms with Gasteiger partial charge in [0.05, 0.1) is 14.2 Å². The zero-order chi connectivity index (χ0) is 15.2. The van der Waals surface area contributed by atoms with Crippen molar-refractivity contribution in [3.05, 3.63) is 22.2 Å². The van der Waals surface area contributed by atoms with Crippen LogP contribution >= 0.6 is 15.9 Å². The molecule has 21 heavy (non-hydrogen) atoms. The Morgan fingerprint density at radius 2 is 1.81 bits per heavy atom. The zero-order valence-corrected chi connectivity index (χ0v) is 14.7. The van der Waals surface area contributed by atoms with Crippen LogP contribution in [0, 0.1) is 5.92 Å². The number of hydrogen-bond donors (Lipinski definition) is 1. The fraction of sp³-hybridized carbons (Fsp3) is 0.625. The molecule has 1 aliphatic heterocycles. The summed E-state index contributed by atoms with van der Waals surface area (Å²) in [6.45, 7) is 4.35. The first kappa shape index (κ1) is 16.6. The lowest BCUT2D eigenvalue weighted by molar-refractivity contribution is 0.234. The van der Waals surface area contributed by atoms with Crippen LogP contribution in [0.15, 0.2) is 16.6 Å². The molecule has 0 aromatic heterocycles. The quantitative estimate of drug-likeness (QED) is 0.849. The molecule has 1 aromatic carbocycles. The number of halogens is 1. The summed E-state index contributed by atoms with van der Waals surface area (Å²) in [5.41, 5.74) is 1.23. The maximum Gasteiger partial charge on any atom is 0.161 e. The fourth-order valence-electron chi connectivity index (χ4n) is 2.88. The van der Waals surface area contributed by atoms with Crippen molar-refractivity contribution in [2.24, 2.45) is 5.92 Å². The Hall–Kier alpha value is -0.780. The Morgan fingerprint density at radius 1 is 1.19 bits per heavy atom. The molecule has 1 fully saturated rings. The first-order chi connectivity index (χ1) is 10.1. The Labute approximate surface area is 135 Å². The van der Waals surface area contributed by atoms with Crippen LogP contribution in [0.2, 0.25) is 0 Å². The molecule has 2 rings (SSSR count). The van der Waals surface area contributed by atoms with E-state index in [9.17, 15) is 0 Å². The molecule has 1 aliphatic rings. The number of hydrogen-bond acceptors (Lipinski definition) is 4. The third kappa shape index (κ3) is 4.59. The predicted octanol–water partition coefficient (Wildman–Crippen LogP) is 2.90. The van der Waals surface area contributed by atoms with Crippen LogP contribution in [0.1, 0.15) is 18.4 Å². The largest absolute Gasteiger partial charge is 0.493 e. The van der Waals surface area contributed by atoms with E-state index in [1.54, 1.807) is 14.2 Å². The molecule has 0 radical (unpaired) electrons. The molecule has 118 valence electrons. The molecule has 0 aliphatic carbocycles. The normalized spacial score (nSPS) is 16.2. The molecule has 0 unspecified atom stereocenters. The number of rotatable bonds is 6. The molecule has 0 atom stereocenters. The van der Waals surface area contributed by atoms with E-state index >= 15 is 0 Å². The molecule has 1 aromatic rings. The molecule has 0 amide bonds. The number of piperidine rings is 1. The Morgan fingerprint density at radius 3 is 2.43 bits per heavy atom. The molecule has 1 N–H and O–H groups in total. The van der Waals surface area contributed by atoms with Gasteiger partial charge in [-0.1, -0.05) is 15.9 Å². The molecule has 4 nitrogen and oxygen atoms in total. The highest BCUT2D eigenvalue weighted by atomic mass is 79.9. The smallest absolute Gasteiger partial charge is 0.161 e. The lowest BCUT2D eigenvalue weighted by Crippen LogP contribution is -2.34. The number of methoxy groups -OCH3 is 2. The van der Waals surface area contributed by atoms with Gasteiger partial charge in [-0.25, -0.2) is 0 Å². The van der Waals surface area contributed by atoms with E-state index in [0.717, 1.165) is 48.1 Å². The monoisotopic (exact) mass is 356 g/mol. The van der Waals surface area contributed by atoms with E-state index in [-0.39, 0.29) is 0 Å². The van der Waals surface area contributed by atoms with E-state index in [0.29, 0.717) is 0 Å². The van der Waals surface area contributed by atoms with Crippen LogP contribution in [-0.4, -0.2) is 45.8 Å². The molecule has 1 heterocycles. The van der Waals surface area contributed by atoms with Gasteiger partial charge in [0.2, 0.25) is 0 Å². The van der Waals surface area contributed by atoms with Gasteiger partial charge in [-0.05, 0) is 56.6 Å². The third-order valence-electron chi connectivity index (χ3n) is 4.02. The SMILES string of the molecule is COc1cc(Br)c(CN(C)CC2CCNCC2)cc1OC. The summed E-state index contributed by atoms with van der Waals surface area (Å²) < 4.78 is 11.8. The van der Waals surface area contributed by atoms with E-state index in [1.165, 1.54) is 18.4 Å². The van der Waals surface area contributed by atoms with Gasteiger partial charge in [-0.2, -0.15) is 0 Å². The molecule has 0 bridgehead atoms. The molecule has 5 heteroatoms. The van der Waals surface area contributed by atoms with Gasteiger partial charge >= 0.3 is 0 Å². The lowest BCUT2D eigenvalue weighted by atomic mass is 9.97. The second-order valence-corrected chi connectivity index (χ2v) is 6.54. The van der Waals surface area contributed by atoms with Gasteiger partial charge in [0.1, 0.15) is 0 Å². The van der Waals surface area contributed by atoms with Crippen molar-refractivity contribution in [2.75, 3.05) is 40.9 Å². The second kappa shape index (κ2) is 8.01. The van der Waals surface area contributed by atoms with Crippen molar-refractivity contribution >= 4 is 15.9 Å². The summed E-state index contributed by atoms with van der Waals surface area (Å²) in [5.74, 6) is 2.34. The van der Waals surface area contributed by atoms with Gasteiger partial charge in [-0.15, -0.1) is 0 Å².